The summed E-state index contributed by atoms with van der Waals surface area (Å²) in [4.78, 5) is 17.5. The topological polar surface area (TPSA) is 55.1 Å². The molecular formula is C18H20N2O2S. The molecule has 5 heteroatoms. The van der Waals surface area contributed by atoms with E-state index in [-0.39, 0.29) is 12.3 Å². The molecule has 0 aliphatic carbocycles. The Morgan fingerprint density at radius 2 is 2.13 bits per heavy atom. The van der Waals surface area contributed by atoms with Crippen molar-refractivity contribution in [3.8, 4) is 0 Å². The van der Waals surface area contributed by atoms with Gasteiger partial charge in [0.15, 0.2) is 5.13 Å². The first-order chi connectivity index (χ1) is 10.9. The number of thiazole rings is 1. The fourth-order valence-electron chi connectivity index (χ4n) is 2.75. The lowest BCUT2D eigenvalue weighted by atomic mass is 9.95. The van der Waals surface area contributed by atoms with Crippen LogP contribution in [0, 0.1) is 13.8 Å². The molecule has 4 nitrogen and oxygen atoms in total. The predicted molar refractivity (Wildman–Crippen MR) is 94.2 cm³/mol. The van der Waals surface area contributed by atoms with Crippen molar-refractivity contribution in [1.82, 2.24) is 4.98 Å². The predicted octanol–water partition coefficient (Wildman–Crippen LogP) is 4.81. The molecular weight excluding hydrogens is 308 g/mol. The smallest absolute Gasteiger partial charge is 0.230 e. The van der Waals surface area contributed by atoms with Crippen molar-refractivity contribution in [3.63, 3.8) is 0 Å². The molecule has 23 heavy (non-hydrogen) atoms. The summed E-state index contributed by atoms with van der Waals surface area (Å²) in [6.45, 7) is 8.40. The number of anilines is 1. The lowest BCUT2D eigenvalue weighted by Gasteiger charge is -2.09. The first-order valence-corrected chi connectivity index (χ1v) is 8.48. The summed E-state index contributed by atoms with van der Waals surface area (Å²) >= 11 is 1.47. The number of aromatic nitrogens is 1. The molecule has 0 radical (unpaired) electrons. The van der Waals surface area contributed by atoms with Gasteiger partial charge in [-0.3, -0.25) is 4.79 Å². The molecule has 0 fully saturated rings. The van der Waals surface area contributed by atoms with E-state index in [0.29, 0.717) is 11.0 Å². The third-order valence-corrected chi connectivity index (χ3v) is 4.71. The number of hydrogen-bond acceptors (Lipinski definition) is 4. The van der Waals surface area contributed by atoms with Crippen molar-refractivity contribution < 1.29 is 9.21 Å². The van der Waals surface area contributed by atoms with E-state index in [1.54, 1.807) is 12.5 Å². The first-order valence-electron chi connectivity index (χ1n) is 7.67. The van der Waals surface area contributed by atoms with Gasteiger partial charge in [-0.05, 0) is 43.0 Å². The third kappa shape index (κ3) is 3.29. The number of carbonyl (C=O) groups excluding carboxylic acids is 1. The SMILES string of the molecule is Cc1cnc(NC(=O)Cc2coc3cc(C)c(C(C)C)cc23)s1. The van der Waals surface area contributed by atoms with Gasteiger partial charge in [-0.2, -0.15) is 0 Å². The summed E-state index contributed by atoms with van der Waals surface area (Å²) in [6, 6.07) is 4.20. The Kier molecular flexibility index (Phi) is 4.22. The summed E-state index contributed by atoms with van der Waals surface area (Å²) in [5, 5.41) is 4.50. The Balaban J connectivity index is 1.85. The van der Waals surface area contributed by atoms with Crippen LogP contribution in [0.25, 0.3) is 11.0 Å². The zero-order valence-electron chi connectivity index (χ0n) is 13.8. The molecule has 0 aliphatic rings. The molecule has 0 spiro atoms. The van der Waals surface area contributed by atoms with E-state index in [9.17, 15) is 4.79 Å². The van der Waals surface area contributed by atoms with E-state index >= 15 is 0 Å². The van der Waals surface area contributed by atoms with Gasteiger partial charge in [0.05, 0.1) is 12.7 Å². The van der Waals surface area contributed by atoms with Crippen LogP contribution < -0.4 is 5.32 Å². The highest BCUT2D eigenvalue weighted by Crippen LogP contribution is 2.29. The van der Waals surface area contributed by atoms with Crippen LogP contribution in [0.5, 0.6) is 0 Å². The number of nitrogens with zero attached hydrogens (tertiary/aromatic N) is 1. The summed E-state index contributed by atoms with van der Waals surface area (Å²) < 4.78 is 5.63. The average Bonchev–Trinajstić information content (AvgIpc) is 3.04. The second kappa shape index (κ2) is 6.16. The van der Waals surface area contributed by atoms with Crippen LogP contribution in [0.1, 0.15) is 41.3 Å². The highest BCUT2D eigenvalue weighted by molar-refractivity contribution is 7.15. The monoisotopic (exact) mass is 328 g/mol. The number of rotatable bonds is 4. The first kappa shape index (κ1) is 15.7. The number of fused-ring (bicyclic) bond motifs is 1. The fraction of sp³-hybridized carbons (Fsp3) is 0.333. The van der Waals surface area contributed by atoms with Crippen LogP contribution in [-0.2, 0) is 11.2 Å². The summed E-state index contributed by atoms with van der Waals surface area (Å²) in [7, 11) is 0. The zero-order chi connectivity index (χ0) is 16.6. The summed E-state index contributed by atoms with van der Waals surface area (Å²) in [5.74, 6) is 0.364. The van der Waals surface area contributed by atoms with Crippen molar-refractivity contribution in [1.29, 1.82) is 0 Å². The lowest BCUT2D eigenvalue weighted by Crippen LogP contribution is -2.13. The normalized spacial score (nSPS) is 11.3. The summed E-state index contributed by atoms with van der Waals surface area (Å²) in [6.07, 6.45) is 3.72. The molecule has 0 unspecified atom stereocenters. The van der Waals surface area contributed by atoms with Gasteiger partial charge in [-0.1, -0.05) is 13.8 Å². The van der Waals surface area contributed by atoms with Gasteiger partial charge in [0, 0.05) is 22.0 Å². The van der Waals surface area contributed by atoms with Crippen molar-refractivity contribution in [2.75, 3.05) is 5.32 Å². The Morgan fingerprint density at radius 1 is 1.35 bits per heavy atom. The van der Waals surface area contributed by atoms with E-state index < -0.39 is 0 Å². The minimum absolute atomic E-state index is 0.0753. The van der Waals surface area contributed by atoms with Crippen molar-refractivity contribution in [2.45, 2.75) is 40.0 Å². The standard InChI is InChI=1S/C18H20N2O2S/c1-10(2)14-7-15-13(9-22-16(15)5-11(14)3)6-17(21)20-18-19-8-12(4)23-18/h5,7-10H,6H2,1-4H3,(H,19,20,21). The molecule has 2 aromatic heterocycles. The van der Waals surface area contributed by atoms with Gasteiger partial charge in [0.25, 0.3) is 0 Å². The maximum Gasteiger partial charge on any atom is 0.230 e. The zero-order valence-corrected chi connectivity index (χ0v) is 14.6. The molecule has 3 rings (SSSR count). The van der Waals surface area contributed by atoms with Gasteiger partial charge in [0.1, 0.15) is 5.58 Å². The van der Waals surface area contributed by atoms with Gasteiger partial charge < -0.3 is 9.73 Å². The number of furan rings is 1. The number of aryl methyl sites for hydroxylation is 2. The Bertz CT molecular complexity index is 861. The maximum absolute atomic E-state index is 12.2. The van der Waals surface area contributed by atoms with Crippen LogP contribution in [0.15, 0.2) is 29.0 Å². The van der Waals surface area contributed by atoms with E-state index in [1.807, 2.05) is 6.92 Å². The second-order valence-corrected chi connectivity index (χ2v) is 7.36. The Morgan fingerprint density at radius 3 is 2.78 bits per heavy atom. The van der Waals surface area contributed by atoms with Crippen LogP contribution >= 0.6 is 11.3 Å². The molecule has 0 saturated carbocycles. The molecule has 2 heterocycles. The van der Waals surface area contributed by atoms with Crippen molar-refractivity contribution >= 4 is 33.3 Å². The Hall–Kier alpha value is -2.14. The van der Waals surface area contributed by atoms with Crippen LogP contribution in [0.3, 0.4) is 0 Å². The van der Waals surface area contributed by atoms with Crippen molar-refractivity contribution in [3.05, 3.63) is 46.2 Å². The summed E-state index contributed by atoms with van der Waals surface area (Å²) in [5.41, 5.74) is 4.25. The lowest BCUT2D eigenvalue weighted by molar-refractivity contribution is -0.115. The van der Waals surface area contributed by atoms with Gasteiger partial charge in [-0.25, -0.2) is 4.98 Å². The minimum Gasteiger partial charge on any atom is -0.464 e. The molecule has 1 aromatic carbocycles. The highest BCUT2D eigenvalue weighted by atomic mass is 32.1. The number of carbonyl (C=O) groups is 1. The van der Waals surface area contributed by atoms with E-state index in [1.165, 1.54) is 22.5 Å². The molecule has 1 N–H and O–H groups in total. The molecule has 1 amide bonds. The molecule has 120 valence electrons. The van der Waals surface area contributed by atoms with Gasteiger partial charge >= 0.3 is 0 Å². The maximum atomic E-state index is 12.2. The number of hydrogen-bond donors (Lipinski definition) is 1. The van der Waals surface area contributed by atoms with Crippen LogP contribution in [0.4, 0.5) is 5.13 Å². The number of nitrogens with one attached hydrogen (secondary N) is 1. The molecule has 0 aliphatic heterocycles. The molecule has 0 atom stereocenters. The minimum atomic E-state index is -0.0753. The number of amides is 1. The Labute approximate surface area is 139 Å². The largest absolute Gasteiger partial charge is 0.464 e. The molecule has 3 aromatic rings. The number of benzene rings is 1. The van der Waals surface area contributed by atoms with E-state index in [0.717, 1.165) is 21.4 Å². The highest BCUT2D eigenvalue weighted by Gasteiger charge is 2.14. The van der Waals surface area contributed by atoms with Gasteiger partial charge in [-0.15, -0.1) is 11.3 Å². The molecule has 0 bridgehead atoms. The second-order valence-electron chi connectivity index (χ2n) is 6.12. The fourth-order valence-corrected chi connectivity index (χ4v) is 3.43. The van der Waals surface area contributed by atoms with E-state index in [4.69, 9.17) is 4.42 Å². The van der Waals surface area contributed by atoms with Crippen LogP contribution in [0.2, 0.25) is 0 Å². The van der Waals surface area contributed by atoms with E-state index in [2.05, 4.69) is 43.2 Å². The van der Waals surface area contributed by atoms with Crippen molar-refractivity contribution in [2.24, 2.45) is 0 Å². The third-order valence-electron chi connectivity index (χ3n) is 3.88. The average molecular weight is 328 g/mol. The van der Waals surface area contributed by atoms with Gasteiger partial charge in [0.2, 0.25) is 5.91 Å². The quantitative estimate of drug-likeness (QED) is 0.747. The molecule has 0 saturated heterocycles. The van der Waals surface area contributed by atoms with Crippen LogP contribution in [-0.4, -0.2) is 10.9 Å².